The molecule has 1 unspecified atom stereocenters. The first-order chi connectivity index (χ1) is 18.7. The Morgan fingerprint density at radius 1 is 0.447 bits per heavy atom. The Balaban J connectivity index is 3.38. The molecule has 1 atom stereocenters. The van der Waals surface area contributed by atoms with Crippen molar-refractivity contribution in [2.45, 2.75) is 213 Å². The molecule has 0 radical (unpaired) electrons. The highest BCUT2D eigenvalue weighted by Crippen LogP contribution is 2.21. The van der Waals surface area contributed by atoms with Gasteiger partial charge in [0.05, 0.1) is 6.61 Å². The minimum absolute atomic E-state index is 0.0337. The van der Waals surface area contributed by atoms with Crippen LogP contribution in [0.4, 0.5) is 0 Å². The third-order valence-electron chi connectivity index (χ3n) is 8.56. The summed E-state index contributed by atoms with van der Waals surface area (Å²) >= 11 is 0. The van der Waals surface area contributed by atoms with E-state index in [-0.39, 0.29) is 5.97 Å². The molecule has 0 aliphatic carbocycles. The van der Waals surface area contributed by atoms with Gasteiger partial charge in [0.25, 0.3) is 0 Å². The van der Waals surface area contributed by atoms with Gasteiger partial charge in [0.2, 0.25) is 0 Å². The van der Waals surface area contributed by atoms with E-state index in [9.17, 15) is 4.79 Å². The van der Waals surface area contributed by atoms with Gasteiger partial charge in [0, 0.05) is 6.42 Å². The number of esters is 1. The highest BCUT2D eigenvalue weighted by Gasteiger charge is 2.10. The van der Waals surface area contributed by atoms with Gasteiger partial charge < -0.3 is 4.74 Å². The zero-order valence-corrected chi connectivity index (χ0v) is 26.8. The van der Waals surface area contributed by atoms with Crippen molar-refractivity contribution >= 4 is 5.97 Å². The monoisotopic (exact) mass is 537 g/mol. The van der Waals surface area contributed by atoms with Crippen LogP contribution in [0, 0.1) is 5.92 Å². The Labute approximate surface area is 241 Å². The zero-order chi connectivity index (χ0) is 27.8. The average molecular weight is 537 g/mol. The Morgan fingerprint density at radius 3 is 1.16 bits per heavy atom. The van der Waals surface area contributed by atoms with E-state index in [0.717, 1.165) is 12.8 Å². The fourth-order valence-corrected chi connectivity index (χ4v) is 5.70. The van der Waals surface area contributed by atoms with Crippen LogP contribution in [-0.2, 0) is 9.53 Å². The molecule has 0 aliphatic rings. The van der Waals surface area contributed by atoms with Crippen LogP contribution >= 0.6 is 0 Å². The van der Waals surface area contributed by atoms with Crippen LogP contribution in [-0.4, -0.2) is 12.6 Å². The zero-order valence-electron chi connectivity index (χ0n) is 26.8. The summed E-state index contributed by atoms with van der Waals surface area (Å²) in [7, 11) is 0. The summed E-state index contributed by atoms with van der Waals surface area (Å²) in [5, 5.41) is 0. The second kappa shape index (κ2) is 32.7. The fraction of sp³-hybridized carbons (Fsp3) is 0.972. The second-order valence-electron chi connectivity index (χ2n) is 12.3. The van der Waals surface area contributed by atoms with Crippen molar-refractivity contribution in [3.05, 3.63) is 0 Å². The van der Waals surface area contributed by atoms with Crippen molar-refractivity contribution in [3.63, 3.8) is 0 Å². The van der Waals surface area contributed by atoms with E-state index < -0.39 is 0 Å². The quantitative estimate of drug-likeness (QED) is 0.0631. The van der Waals surface area contributed by atoms with E-state index in [2.05, 4.69) is 20.8 Å². The summed E-state index contributed by atoms with van der Waals surface area (Å²) in [4.78, 5) is 12.1. The lowest BCUT2D eigenvalue weighted by Gasteiger charge is -2.14. The molecule has 0 N–H and O–H groups in total. The van der Waals surface area contributed by atoms with Gasteiger partial charge in [0.1, 0.15) is 0 Å². The van der Waals surface area contributed by atoms with Gasteiger partial charge in [-0.2, -0.15) is 0 Å². The van der Waals surface area contributed by atoms with Crippen LogP contribution in [0.15, 0.2) is 0 Å². The van der Waals surface area contributed by atoms with Crippen molar-refractivity contribution in [2.75, 3.05) is 6.61 Å². The molecule has 0 heterocycles. The number of hydrogen-bond donors (Lipinski definition) is 0. The molecule has 0 aromatic carbocycles. The normalized spacial score (nSPS) is 12.2. The predicted molar refractivity (Wildman–Crippen MR) is 170 cm³/mol. The molecule has 0 spiro atoms. The fourth-order valence-electron chi connectivity index (χ4n) is 5.70. The molecule has 0 aliphatic heterocycles. The molecule has 0 saturated carbocycles. The third kappa shape index (κ3) is 30.0. The lowest BCUT2D eigenvalue weighted by molar-refractivity contribution is -0.144. The molecule has 0 amide bonds. The molecule has 228 valence electrons. The third-order valence-corrected chi connectivity index (χ3v) is 8.56. The van der Waals surface area contributed by atoms with Gasteiger partial charge in [-0.25, -0.2) is 0 Å². The minimum atomic E-state index is 0.0337. The van der Waals surface area contributed by atoms with Crippen molar-refractivity contribution in [2.24, 2.45) is 5.92 Å². The molecular weight excluding hydrogens is 464 g/mol. The number of rotatable bonds is 32. The predicted octanol–water partition coefficient (Wildman–Crippen LogP) is 12.9. The molecule has 0 aromatic rings. The first kappa shape index (κ1) is 37.5. The first-order valence-corrected chi connectivity index (χ1v) is 17.9. The van der Waals surface area contributed by atoms with Gasteiger partial charge in [-0.3, -0.25) is 4.79 Å². The number of carbonyl (C=O) groups excluding carboxylic acids is 1. The number of hydrogen-bond acceptors (Lipinski definition) is 2. The van der Waals surface area contributed by atoms with Gasteiger partial charge in [-0.1, -0.05) is 194 Å². The van der Waals surface area contributed by atoms with Crippen molar-refractivity contribution < 1.29 is 9.53 Å². The maximum absolute atomic E-state index is 12.1. The van der Waals surface area contributed by atoms with Crippen molar-refractivity contribution in [3.8, 4) is 0 Å². The average Bonchev–Trinajstić information content (AvgIpc) is 2.93. The molecule has 0 bridgehead atoms. The highest BCUT2D eigenvalue weighted by atomic mass is 16.5. The SMILES string of the molecule is CCCCCCCCCCCCCCCCCCC(CC)CCC(=O)OCCCCCCCCCCCC. The van der Waals surface area contributed by atoms with Gasteiger partial charge in [-0.15, -0.1) is 0 Å². The van der Waals surface area contributed by atoms with Crippen LogP contribution in [0.2, 0.25) is 0 Å². The summed E-state index contributed by atoms with van der Waals surface area (Å²) in [5.41, 5.74) is 0. The van der Waals surface area contributed by atoms with E-state index in [4.69, 9.17) is 4.74 Å². The number of ether oxygens (including phenoxy) is 1. The number of unbranched alkanes of at least 4 members (excludes halogenated alkanes) is 24. The summed E-state index contributed by atoms with van der Waals surface area (Å²) in [6, 6.07) is 0. The van der Waals surface area contributed by atoms with E-state index in [1.54, 1.807) is 0 Å². The molecule has 2 heteroatoms. The topological polar surface area (TPSA) is 26.3 Å². The van der Waals surface area contributed by atoms with Gasteiger partial charge in [-0.05, 0) is 18.8 Å². The first-order valence-electron chi connectivity index (χ1n) is 17.9. The summed E-state index contributed by atoms with van der Waals surface area (Å²) in [5.74, 6) is 0.734. The summed E-state index contributed by atoms with van der Waals surface area (Å²) < 4.78 is 5.50. The molecule has 2 nitrogen and oxygen atoms in total. The second-order valence-corrected chi connectivity index (χ2v) is 12.3. The van der Waals surface area contributed by atoms with E-state index in [0.29, 0.717) is 18.9 Å². The van der Waals surface area contributed by atoms with Crippen LogP contribution in [0.25, 0.3) is 0 Å². The van der Waals surface area contributed by atoms with Crippen molar-refractivity contribution in [1.82, 2.24) is 0 Å². The van der Waals surface area contributed by atoms with Crippen LogP contribution in [0.5, 0.6) is 0 Å². The van der Waals surface area contributed by atoms with Crippen molar-refractivity contribution in [1.29, 1.82) is 0 Å². The molecule has 38 heavy (non-hydrogen) atoms. The highest BCUT2D eigenvalue weighted by molar-refractivity contribution is 5.69. The largest absolute Gasteiger partial charge is 0.466 e. The van der Waals surface area contributed by atoms with Crippen LogP contribution < -0.4 is 0 Å². The Morgan fingerprint density at radius 2 is 0.789 bits per heavy atom. The number of carbonyl (C=O) groups is 1. The molecule has 0 fully saturated rings. The standard InChI is InChI=1S/C36H72O2/c1-4-7-9-11-13-15-17-18-19-20-21-22-23-25-27-29-31-35(6-3)32-33-36(37)38-34-30-28-26-24-16-14-12-10-8-5-2/h35H,4-34H2,1-3H3. The van der Waals surface area contributed by atoms with E-state index in [1.165, 1.54) is 173 Å². The Bertz CT molecular complexity index is 447. The molecule has 0 rings (SSSR count). The van der Waals surface area contributed by atoms with E-state index in [1.807, 2.05) is 0 Å². The summed E-state index contributed by atoms with van der Waals surface area (Å²) in [6.45, 7) is 7.49. The Kier molecular flexibility index (Phi) is 32.2. The van der Waals surface area contributed by atoms with E-state index >= 15 is 0 Å². The van der Waals surface area contributed by atoms with Crippen LogP contribution in [0.1, 0.15) is 213 Å². The smallest absolute Gasteiger partial charge is 0.305 e. The van der Waals surface area contributed by atoms with Gasteiger partial charge in [0.15, 0.2) is 0 Å². The maximum Gasteiger partial charge on any atom is 0.305 e. The maximum atomic E-state index is 12.1. The molecular formula is C36H72O2. The van der Waals surface area contributed by atoms with Crippen LogP contribution in [0.3, 0.4) is 0 Å². The van der Waals surface area contributed by atoms with Gasteiger partial charge >= 0.3 is 5.97 Å². The Hall–Kier alpha value is -0.530. The lowest BCUT2D eigenvalue weighted by atomic mass is 9.93. The molecule has 0 aromatic heterocycles. The summed E-state index contributed by atoms with van der Waals surface area (Å²) in [6.07, 6.45) is 40.2. The minimum Gasteiger partial charge on any atom is -0.466 e. The lowest BCUT2D eigenvalue weighted by Crippen LogP contribution is -2.09. The molecule has 0 saturated heterocycles.